The molecule has 33 heavy (non-hydrogen) atoms. The second kappa shape index (κ2) is 8.89. The van der Waals surface area contributed by atoms with Gasteiger partial charge in [0.2, 0.25) is 12.1 Å². The summed E-state index contributed by atoms with van der Waals surface area (Å²) in [7, 11) is 1.35. The van der Waals surface area contributed by atoms with Crippen LogP contribution < -0.4 is 14.2 Å². The third-order valence-electron chi connectivity index (χ3n) is 5.31. The number of carbonyl (C=O) groups is 1. The summed E-state index contributed by atoms with van der Waals surface area (Å²) >= 11 is 0. The van der Waals surface area contributed by atoms with E-state index in [2.05, 4.69) is 0 Å². The molecule has 2 aromatic carbocycles. The lowest BCUT2D eigenvalue weighted by Gasteiger charge is -2.39. The van der Waals surface area contributed by atoms with Crippen LogP contribution in [0.5, 0.6) is 28.7 Å². The predicted molar refractivity (Wildman–Crippen MR) is 110 cm³/mol. The maximum atomic E-state index is 12.8. The number of rotatable bonds is 5. The van der Waals surface area contributed by atoms with Gasteiger partial charge < -0.3 is 49.6 Å². The number of Topliss-reactive ketones (excluding diaryl/α,β-unsaturated/α-hetero) is 1. The molecule has 11 heteroatoms. The van der Waals surface area contributed by atoms with E-state index in [1.54, 1.807) is 0 Å². The van der Waals surface area contributed by atoms with Gasteiger partial charge in [-0.25, -0.2) is 0 Å². The molecular weight excluding hydrogens is 440 g/mol. The Morgan fingerprint density at radius 1 is 1.03 bits per heavy atom. The normalized spacial score (nSPS) is 27.8. The zero-order valence-corrected chi connectivity index (χ0v) is 17.3. The number of aliphatic hydroxyl groups is 4. The van der Waals surface area contributed by atoms with Crippen LogP contribution >= 0.6 is 0 Å². The molecule has 5 atom stereocenters. The number of aliphatic hydroxyl groups excluding tert-OH is 4. The van der Waals surface area contributed by atoms with Crippen LogP contribution in [-0.2, 0) is 4.74 Å². The molecule has 2 heterocycles. The average Bonchev–Trinajstić information content (AvgIpc) is 3.10. The number of allylic oxidation sites excluding steroid dienone is 1. The summed E-state index contributed by atoms with van der Waals surface area (Å²) in [4.78, 5) is 12.8. The number of ether oxygens (including phenoxy) is 4. The van der Waals surface area contributed by atoms with Crippen molar-refractivity contribution in [1.82, 2.24) is 0 Å². The zero-order chi connectivity index (χ0) is 23.9. The topological polar surface area (TPSA) is 175 Å². The maximum absolute atomic E-state index is 12.8. The number of aromatic hydroxyl groups is 2. The van der Waals surface area contributed by atoms with E-state index in [4.69, 9.17) is 18.9 Å². The van der Waals surface area contributed by atoms with E-state index in [0.29, 0.717) is 5.56 Å². The number of ketones is 1. The SMILES string of the molecule is COc1cc(O)cc2c1C(=O)/C(=C/c1ccc(O)c(OC3O[C@H](CO)[C@@H](O)[C@H](O)[C@H]3O)c1)O2. The van der Waals surface area contributed by atoms with Gasteiger partial charge >= 0.3 is 0 Å². The number of benzene rings is 2. The van der Waals surface area contributed by atoms with Crippen molar-refractivity contribution in [2.75, 3.05) is 13.7 Å². The Morgan fingerprint density at radius 2 is 1.79 bits per heavy atom. The molecule has 6 N–H and O–H groups in total. The molecule has 0 aliphatic carbocycles. The monoisotopic (exact) mass is 462 g/mol. The van der Waals surface area contributed by atoms with Crippen molar-refractivity contribution in [1.29, 1.82) is 0 Å². The maximum Gasteiger partial charge on any atom is 0.235 e. The van der Waals surface area contributed by atoms with Gasteiger partial charge in [0.1, 0.15) is 47.2 Å². The minimum Gasteiger partial charge on any atom is -0.508 e. The van der Waals surface area contributed by atoms with Gasteiger partial charge in [0.25, 0.3) is 0 Å². The van der Waals surface area contributed by atoms with Crippen molar-refractivity contribution < 1.29 is 54.4 Å². The Bertz CT molecular complexity index is 1090. The molecule has 176 valence electrons. The molecule has 1 unspecified atom stereocenters. The molecule has 2 aliphatic rings. The highest BCUT2D eigenvalue weighted by Gasteiger charge is 2.45. The van der Waals surface area contributed by atoms with Crippen LogP contribution in [0, 0.1) is 0 Å². The van der Waals surface area contributed by atoms with E-state index in [1.807, 2.05) is 0 Å². The van der Waals surface area contributed by atoms with Gasteiger partial charge in [-0.15, -0.1) is 0 Å². The van der Waals surface area contributed by atoms with Crippen LogP contribution in [0.4, 0.5) is 0 Å². The third-order valence-corrected chi connectivity index (χ3v) is 5.31. The first-order valence-electron chi connectivity index (χ1n) is 9.89. The highest BCUT2D eigenvalue weighted by molar-refractivity contribution is 6.16. The second-order valence-electron chi connectivity index (χ2n) is 7.50. The minimum atomic E-state index is -1.67. The van der Waals surface area contributed by atoms with Crippen LogP contribution in [0.1, 0.15) is 15.9 Å². The minimum absolute atomic E-state index is 0.0709. The second-order valence-corrected chi connectivity index (χ2v) is 7.50. The first kappa shape index (κ1) is 22.8. The standard InChI is InChI=1S/C22H22O11/c1-30-13-6-10(24)7-14-17(13)18(26)15(31-14)5-9-2-3-11(25)12(4-9)32-22-21(29)20(28)19(27)16(8-23)33-22/h2-7,16,19-25,27-29H,8H2,1H3/b15-5-/t16-,19-,20+,21-,22?/m1/s1. The Labute approximate surface area is 187 Å². The van der Waals surface area contributed by atoms with Crippen LogP contribution in [0.3, 0.4) is 0 Å². The number of hydrogen-bond donors (Lipinski definition) is 6. The number of methoxy groups -OCH3 is 1. The van der Waals surface area contributed by atoms with E-state index in [9.17, 15) is 35.4 Å². The Kier molecular flexibility index (Phi) is 6.15. The molecule has 0 aromatic heterocycles. The van der Waals surface area contributed by atoms with E-state index < -0.39 is 43.1 Å². The third kappa shape index (κ3) is 4.19. The first-order chi connectivity index (χ1) is 15.7. The summed E-state index contributed by atoms with van der Waals surface area (Å²) < 4.78 is 21.5. The smallest absolute Gasteiger partial charge is 0.235 e. The van der Waals surface area contributed by atoms with Crippen molar-refractivity contribution in [2.45, 2.75) is 30.7 Å². The first-order valence-corrected chi connectivity index (χ1v) is 9.89. The zero-order valence-electron chi connectivity index (χ0n) is 17.3. The summed E-state index contributed by atoms with van der Waals surface area (Å²) in [6.45, 7) is -0.637. The number of carbonyl (C=O) groups excluding carboxylic acids is 1. The summed E-state index contributed by atoms with van der Waals surface area (Å²) in [5.41, 5.74) is 0.518. The number of fused-ring (bicyclic) bond motifs is 1. The Hall–Kier alpha value is -3.35. The lowest BCUT2D eigenvalue weighted by molar-refractivity contribution is -0.277. The molecule has 1 fully saturated rings. The summed E-state index contributed by atoms with van der Waals surface area (Å²) in [6, 6.07) is 6.64. The van der Waals surface area contributed by atoms with Crippen LogP contribution in [0.15, 0.2) is 36.1 Å². The van der Waals surface area contributed by atoms with Gasteiger partial charge in [0, 0.05) is 12.1 Å². The number of phenols is 2. The molecular formula is C22H22O11. The fraction of sp³-hybridized carbons (Fsp3) is 0.318. The van der Waals surface area contributed by atoms with E-state index in [-0.39, 0.29) is 40.1 Å². The van der Waals surface area contributed by atoms with Gasteiger partial charge in [-0.2, -0.15) is 0 Å². The molecule has 0 radical (unpaired) electrons. The molecule has 0 saturated carbocycles. The predicted octanol–water partition coefficient (Wildman–Crippen LogP) is -0.0987. The van der Waals surface area contributed by atoms with Crippen molar-refractivity contribution in [3.8, 4) is 28.7 Å². The van der Waals surface area contributed by atoms with Gasteiger partial charge in [-0.05, 0) is 23.8 Å². The van der Waals surface area contributed by atoms with Crippen molar-refractivity contribution in [3.63, 3.8) is 0 Å². The molecule has 1 saturated heterocycles. The van der Waals surface area contributed by atoms with Crippen molar-refractivity contribution in [2.24, 2.45) is 0 Å². The van der Waals surface area contributed by atoms with Gasteiger partial charge in [-0.1, -0.05) is 6.07 Å². The average molecular weight is 462 g/mol. The van der Waals surface area contributed by atoms with Gasteiger partial charge in [0.05, 0.1) is 13.7 Å². The Balaban J connectivity index is 1.59. The largest absolute Gasteiger partial charge is 0.508 e. The van der Waals surface area contributed by atoms with Crippen LogP contribution in [0.25, 0.3) is 6.08 Å². The molecule has 2 aromatic rings. The van der Waals surface area contributed by atoms with Crippen molar-refractivity contribution >= 4 is 11.9 Å². The fourth-order valence-corrected chi connectivity index (χ4v) is 3.58. The number of hydrogen-bond acceptors (Lipinski definition) is 11. The summed E-state index contributed by atoms with van der Waals surface area (Å²) in [6.07, 6.45) is -6.19. The molecule has 0 spiro atoms. The lowest BCUT2D eigenvalue weighted by Crippen LogP contribution is -2.60. The molecule has 0 bridgehead atoms. The quantitative estimate of drug-likeness (QED) is 0.327. The molecule has 2 aliphatic heterocycles. The molecule has 4 rings (SSSR count). The number of phenolic OH excluding ortho intramolecular Hbond substituents is 2. The van der Waals surface area contributed by atoms with E-state index in [1.165, 1.54) is 43.5 Å². The van der Waals surface area contributed by atoms with Crippen LogP contribution in [-0.4, -0.2) is 80.8 Å². The van der Waals surface area contributed by atoms with Crippen LogP contribution in [0.2, 0.25) is 0 Å². The fourth-order valence-electron chi connectivity index (χ4n) is 3.58. The highest BCUT2D eigenvalue weighted by atomic mass is 16.7. The molecule has 0 amide bonds. The molecule has 11 nitrogen and oxygen atoms in total. The van der Waals surface area contributed by atoms with Gasteiger partial charge in [-0.3, -0.25) is 4.79 Å². The summed E-state index contributed by atoms with van der Waals surface area (Å²) in [5, 5.41) is 59.2. The Morgan fingerprint density at radius 3 is 2.48 bits per heavy atom. The lowest BCUT2D eigenvalue weighted by atomic mass is 9.99. The van der Waals surface area contributed by atoms with Crippen molar-refractivity contribution in [3.05, 3.63) is 47.2 Å². The van der Waals surface area contributed by atoms with Gasteiger partial charge in [0.15, 0.2) is 17.3 Å². The highest BCUT2D eigenvalue weighted by Crippen LogP contribution is 2.41. The van der Waals surface area contributed by atoms with E-state index in [0.717, 1.165) is 0 Å². The summed E-state index contributed by atoms with van der Waals surface area (Å²) in [5.74, 6) is -0.908. The van der Waals surface area contributed by atoms with E-state index >= 15 is 0 Å².